The number of rotatable bonds is 35. The maximum absolute atomic E-state index is 14.2. The molecule has 3 aliphatic heterocycles. The molecule has 3 heterocycles. The summed E-state index contributed by atoms with van der Waals surface area (Å²) in [5.41, 5.74) is 2.47. The normalized spacial score (nSPS) is 24.8. The van der Waals surface area contributed by atoms with Crippen molar-refractivity contribution in [3.8, 4) is 5.75 Å². The maximum atomic E-state index is 14.2. The van der Waals surface area contributed by atoms with Gasteiger partial charge in [0.25, 0.3) is 0 Å². The number of ether oxygens (including phenoxy) is 10. The Morgan fingerprint density at radius 2 is 1.43 bits per heavy atom. The molecule has 89 heavy (non-hydrogen) atoms. The molecule has 0 spiro atoms. The van der Waals surface area contributed by atoms with Gasteiger partial charge in [-0.05, 0) is 123 Å². The molecule has 18 heteroatoms. The molecule has 16 nitrogen and oxygen atoms in total. The highest BCUT2D eigenvalue weighted by Crippen LogP contribution is 2.50. The minimum atomic E-state index is -2.45. The molecule has 0 aliphatic carbocycles. The van der Waals surface area contributed by atoms with Crippen molar-refractivity contribution in [3.05, 3.63) is 102 Å². The first kappa shape index (κ1) is 75.7. The molecule has 502 valence electrons. The second kappa shape index (κ2) is 34.7. The molecule has 0 amide bonds. The number of carbonyl (C=O) groups excluding carboxylic acids is 2. The van der Waals surface area contributed by atoms with Gasteiger partial charge in [-0.25, -0.2) is 4.79 Å². The monoisotopic (exact) mass is 1280 g/mol. The van der Waals surface area contributed by atoms with Gasteiger partial charge < -0.3 is 61.3 Å². The Morgan fingerprint density at radius 3 is 2.06 bits per heavy atom. The molecule has 3 fully saturated rings. The number of carboxylic acid groups (broad SMARTS) is 1. The van der Waals surface area contributed by atoms with E-state index in [-0.39, 0.29) is 66.7 Å². The second-order valence-corrected chi connectivity index (χ2v) is 38.2. The van der Waals surface area contributed by atoms with Crippen LogP contribution >= 0.6 is 0 Å². The van der Waals surface area contributed by atoms with Crippen LogP contribution in [0.3, 0.4) is 0 Å². The SMILES string of the molecule is C=C1C[C@@H](C[C@H]2C[C@@H](O[Si](C)(C)C(C)(C)C)C[C@@H](C[C@H](CCC(=O)O)OCc3ccc(OC)cc3)O2)O[C@@H](/C=C/C(C)(C)[C@]2(OC)O[C@H](C[C@@H](O[Si](C)(C)C(C)(C)C)[C@@H](C)OCOCc3ccccc3)C/C(=C\C(=O)OC)[C@@H]2OC(=O)CCCCCCC)C1. The predicted octanol–water partition coefficient (Wildman–Crippen LogP) is 15.7. The number of aliphatic carboxylic acids is 1. The van der Waals surface area contributed by atoms with Gasteiger partial charge in [-0.15, -0.1) is 0 Å². The third-order valence-electron chi connectivity index (χ3n) is 18.9. The zero-order valence-corrected chi connectivity index (χ0v) is 59.4. The van der Waals surface area contributed by atoms with Crippen molar-refractivity contribution in [1.29, 1.82) is 0 Å². The molecule has 0 aromatic heterocycles. The van der Waals surface area contributed by atoms with Crippen molar-refractivity contribution < 1.29 is 75.7 Å². The lowest BCUT2D eigenvalue weighted by Crippen LogP contribution is -2.63. The van der Waals surface area contributed by atoms with Crippen LogP contribution in [0.25, 0.3) is 0 Å². The third-order valence-corrected chi connectivity index (χ3v) is 27.9. The van der Waals surface area contributed by atoms with Gasteiger partial charge in [-0.2, -0.15) is 0 Å². The van der Waals surface area contributed by atoms with Gasteiger partial charge in [-0.1, -0.05) is 155 Å². The highest BCUT2D eigenvalue weighted by atomic mass is 28.4. The van der Waals surface area contributed by atoms with Crippen molar-refractivity contribution in [2.24, 2.45) is 5.41 Å². The van der Waals surface area contributed by atoms with Gasteiger partial charge in [0.05, 0.1) is 76.3 Å². The Hall–Kier alpha value is -4.06. The fourth-order valence-electron chi connectivity index (χ4n) is 11.6. The smallest absolute Gasteiger partial charge is 0.330 e. The Morgan fingerprint density at radius 1 is 0.764 bits per heavy atom. The lowest BCUT2D eigenvalue weighted by molar-refractivity contribution is -0.338. The van der Waals surface area contributed by atoms with Crippen LogP contribution in [0.5, 0.6) is 5.75 Å². The zero-order chi connectivity index (χ0) is 65.8. The largest absolute Gasteiger partial charge is 0.497 e. The zero-order valence-electron chi connectivity index (χ0n) is 57.4. The Kier molecular flexibility index (Phi) is 29.5. The van der Waals surface area contributed by atoms with E-state index in [0.29, 0.717) is 76.6 Å². The second-order valence-electron chi connectivity index (χ2n) is 28.6. The maximum Gasteiger partial charge on any atom is 0.330 e. The summed E-state index contributed by atoms with van der Waals surface area (Å²) in [5, 5.41) is 9.63. The predicted molar refractivity (Wildman–Crippen MR) is 354 cm³/mol. The summed E-state index contributed by atoms with van der Waals surface area (Å²) in [6, 6.07) is 17.7. The molecular weight excluding hydrogens is 1160 g/mol. The van der Waals surface area contributed by atoms with E-state index >= 15 is 0 Å². The van der Waals surface area contributed by atoms with Crippen LogP contribution in [-0.2, 0) is 79.1 Å². The lowest BCUT2D eigenvalue weighted by atomic mass is 9.73. The summed E-state index contributed by atoms with van der Waals surface area (Å²) in [6.07, 6.45) is 10.6. The fraction of sp³-hybridized carbons (Fsp3) is 0.704. The highest BCUT2D eigenvalue weighted by Gasteiger charge is 2.59. The first-order valence-corrected chi connectivity index (χ1v) is 38.6. The first-order chi connectivity index (χ1) is 41.8. The van der Waals surface area contributed by atoms with Crippen molar-refractivity contribution in [2.75, 3.05) is 28.1 Å². The molecule has 3 aliphatic rings. The number of hydrogen-bond donors (Lipinski definition) is 1. The first-order valence-electron chi connectivity index (χ1n) is 32.8. The summed E-state index contributed by atoms with van der Waals surface area (Å²) in [7, 11) is -0.148. The van der Waals surface area contributed by atoms with E-state index in [1.807, 2.05) is 87.5 Å². The molecule has 0 bridgehead atoms. The van der Waals surface area contributed by atoms with Gasteiger partial charge in [0.1, 0.15) is 12.5 Å². The van der Waals surface area contributed by atoms with Crippen LogP contribution in [0.15, 0.2) is 90.6 Å². The average molecular weight is 1280 g/mol. The summed E-state index contributed by atoms with van der Waals surface area (Å²) in [6.45, 7) is 35.8. The Balaban J connectivity index is 1.46. The van der Waals surface area contributed by atoms with Crippen LogP contribution in [0, 0.1) is 5.41 Å². The van der Waals surface area contributed by atoms with Crippen LogP contribution in [0.2, 0.25) is 36.3 Å². The topological polar surface area (TPSA) is 182 Å². The van der Waals surface area contributed by atoms with Crippen molar-refractivity contribution >= 4 is 34.5 Å². The molecule has 2 aromatic rings. The van der Waals surface area contributed by atoms with E-state index in [1.54, 1.807) is 14.2 Å². The van der Waals surface area contributed by atoms with Gasteiger partial charge in [-0.3, -0.25) is 9.59 Å². The number of carbonyl (C=O) groups is 3. The van der Waals surface area contributed by atoms with Crippen molar-refractivity contribution in [1.82, 2.24) is 0 Å². The molecule has 0 radical (unpaired) electrons. The van der Waals surface area contributed by atoms with Crippen LogP contribution in [0.4, 0.5) is 0 Å². The fourth-order valence-corrected chi connectivity index (χ4v) is 14.4. The molecule has 0 unspecified atom stereocenters. The molecule has 0 saturated carbocycles. The summed E-state index contributed by atoms with van der Waals surface area (Å²) in [5.74, 6) is -2.83. The molecule has 1 N–H and O–H groups in total. The van der Waals surface area contributed by atoms with Gasteiger partial charge in [0, 0.05) is 50.4 Å². The minimum absolute atomic E-state index is 0.0211. The standard InChI is InChI=1S/C71H114O16Si2/c1-19-20-21-22-26-29-65(74)84-67-54(41-66(75)77-13)40-61(46-63(87-89(17,18)69(7,8)9)51(3)81-49-79-47-52-27-24-23-25-28-52)85-71(67,78-14)70(10,11)37-36-57-38-50(2)39-58(82-57)43-60-45-62(86-88(15,16)68(4,5)6)44-59(83-60)42-56(34-35-64(72)73)80-48-53-30-32-55(76-12)33-31-53/h23-25,27-28,30-33,36-37,41,51,56-63,67H,2,19-22,26,29,34-35,38-40,42-49H2,1,3-18H3,(H,72,73)/b37-36+,54-41+/t51-,56+,57+,58+,59-,60+,61+,62+,63-,67+,71-/m1/s1. The molecule has 3 saturated heterocycles. The minimum Gasteiger partial charge on any atom is -0.497 e. The summed E-state index contributed by atoms with van der Waals surface area (Å²) in [4.78, 5) is 39.6. The Labute approximate surface area is 537 Å². The van der Waals surface area contributed by atoms with Gasteiger partial charge in [0.2, 0.25) is 5.79 Å². The lowest BCUT2D eigenvalue weighted by Gasteiger charge is -2.53. The third kappa shape index (κ3) is 23.5. The van der Waals surface area contributed by atoms with Crippen molar-refractivity contribution in [2.45, 2.75) is 288 Å². The van der Waals surface area contributed by atoms with E-state index in [1.165, 1.54) is 13.2 Å². The summed E-state index contributed by atoms with van der Waals surface area (Å²) < 4.78 is 78.8. The summed E-state index contributed by atoms with van der Waals surface area (Å²) >= 11 is 0. The number of methoxy groups -OCH3 is 3. The van der Waals surface area contributed by atoms with E-state index < -0.39 is 76.3 Å². The van der Waals surface area contributed by atoms with E-state index in [9.17, 15) is 19.5 Å². The van der Waals surface area contributed by atoms with Crippen LogP contribution in [-0.4, -0.2) is 135 Å². The van der Waals surface area contributed by atoms with Crippen LogP contribution in [0.1, 0.15) is 183 Å². The molecule has 11 atom stereocenters. The number of unbranched alkanes of at least 4 members (excludes halogenated alkanes) is 4. The number of hydrogen-bond acceptors (Lipinski definition) is 15. The van der Waals surface area contributed by atoms with Crippen LogP contribution < -0.4 is 4.74 Å². The van der Waals surface area contributed by atoms with E-state index in [2.05, 4.69) is 81.2 Å². The molecule has 5 rings (SSSR count). The Bertz CT molecular complexity index is 2550. The van der Waals surface area contributed by atoms with Gasteiger partial charge >= 0.3 is 17.9 Å². The average Bonchev–Trinajstić information content (AvgIpc) is 0.793. The van der Waals surface area contributed by atoms with Crippen molar-refractivity contribution in [3.63, 3.8) is 0 Å². The highest BCUT2D eigenvalue weighted by molar-refractivity contribution is 6.74. The van der Waals surface area contributed by atoms with E-state index in [4.69, 9.17) is 56.2 Å². The molecule has 2 aromatic carbocycles. The number of carboxylic acids is 1. The van der Waals surface area contributed by atoms with Gasteiger partial charge in [0.15, 0.2) is 22.7 Å². The number of benzene rings is 2. The quantitative estimate of drug-likeness (QED) is 0.0172. The number of esters is 2. The molecular formula is C71H114O16Si2. The van der Waals surface area contributed by atoms with E-state index in [0.717, 1.165) is 48.1 Å².